The largest absolute Gasteiger partial charge is 0.463 e. The lowest BCUT2D eigenvalue weighted by Gasteiger charge is -2.21. The predicted octanol–water partition coefficient (Wildman–Crippen LogP) is 2.14. The van der Waals surface area contributed by atoms with Gasteiger partial charge < -0.3 is 19.9 Å². The Kier molecular flexibility index (Phi) is 7.43. The molecule has 1 aromatic heterocycles. The van der Waals surface area contributed by atoms with E-state index in [0.717, 1.165) is 30.6 Å². The Morgan fingerprint density at radius 2 is 1.94 bits per heavy atom. The SMILES string of the molecule is CCOC(=O)C1=C(CSc2nnc(CN3CCCC3)n2Cc2ccccc2)NC(=O)NC1. The number of urea groups is 1. The molecule has 0 bridgehead atoms. The van der Waals surface area contributed by atoms with Gasteiger partial charge in [-0.3, -0.25) is 4.90 Å². The molecule has 1 saturated heterocycles. The number of hydrogen-bond donors (Lipinski definition) is 2. The Labute approximate surface area is 191 Å². The van der Waals surface area contributed by atoms with E-state index in [1.165, 1.54) is 30.2 Å². The zero-order valence-electron chi connectivity index (χ0n) is 18.2. The molecule has 9 nitrogen and oxygen atoms in total. The average molecular weight is 457 g/mol. The van der Waals surface area contributed by atoms with Gasteiger partial charge in [-0.25, -0.2) is 9.59 Å². The number of rotatable bonds is 9. The second kappa shape index (κ2) is 10.6. The molecule has 170 valence electrons. The molecule has 0 radical (unpaired) electrons. The van der Waals surface area contributed by atoms with Crippen molar-refractivity contribution in [3.05, 3.63) is 53.0 Å². The summed E-state index contributed by atoms with van der Waals surface area (Å²) in [5, 5.41) is 15.1. The normalized spacial score (nSPS) is 16.7. The highest BCUT2D eigenvalue weighted by Crippen LogP contribution is 2.24. The van der Waals surface area contributed by atoms with Gasteiger partial charge >= 0.3 is 12.0 Å². The maximum atomic E-state index is 12.3. The third-order valence-corrected chi connectivity index (χ3v) is 6.46. The molecule has 0 spiro atoms. The topological polar surface area (TPSA) is 101 Å². The van der Waals surface area contributed by atoms with E-state index in [9.17, 15) is 9.59 Å². The van der Waals surface area contributed by atoms with Crippen LogP contribution in [0.3, 0.4) is 0 Å². The van der Waals surface area contributed by atoms with Gasteiger partial charge in [0.05, 0.1) is 31.8 Å². The van der Waals surface area contributed by atoms with Gasteiger partial charge in [0.25, 0.3) is 0 Å². The van der Waals surface area contributed by atoms with Gasteiger partial charge in [-0.05, 0) is 38.4 Å². The van der Waals surface area contributed by atoms with E-state index in [-0.39, 0.29) is 19.2 Å². The molecule has 0 saturated carbocycles. The van der Waals surface area contributed by atoms with Crippen molar-refractivity contribution in [1.29, 1.82) is 0 Å². The van der Waals surface area contributed by atoms with Crippen molar-refractivity contribution < 1.29 is 14.3 Å². The Hall–Kier alpha value is -2.85. The molecule has 2 aliphatic rings. The van der Waals surface area contributed by atoms with Gasteiger partial charge in [-0.2, -0.15) is 0 Å². The van der Waals surface area contributed by atoms with E-state index < -0.39 is 5.97 Å². The fraction of sp³-hybridized carbons (Fsp3) is 0.455. The maximum absolute atomic E-state index is 12.3. The first-order valence-electron chi connectivity index (χ1n) is 10.9. The second-order valence-electron chi connectivity index (χ2n) is 7.73. The van der Waals surface area contributed by atoms with E-state index >= 15 is 0 Å². The molecular formula is C22H28N6O3S. The first-order valence-corrected chi connectivity index (χ1v) is 11.9. The molecule has 0 unspecified atom stereocenters. The van der Waals surface area contributed by atoms with Gasteiger partial charge in [0.1, 0.15) is 5.82 Å². The molecule has 0 aliphatic carbocycles. The van der Waals surface area contributed by atoms with Gasteiger partial charge in [0.2, 0.25) is 0 Å². The summed E-state index contributed by atoms with van der Waals surface area (Å²) in [6.45, 7) is 5.77. The van der Waals surface area contributed by atoms with Crippen LogP contribution in [0.4, 0.5) is 4.79 Å². The van der Waals surface area contributed by atoms with Crippen LogP contribution in [0.5, 0.6) is 0 Å². The Morgan fingerprint density at radius 3 is 2.69 bits per heavy atom. The zero-order chi connectivity index (χ0) is 22.3. The summed E-state index contributed by atoms with van der Waals surface area (Å²) in [6.07, 6.45) is 2.43. The lowest BCUT2D eigenvalue weighted by Crippen LogP contribution is -2.44. The standard InChI is InChI=1S/C22H28N6O3S/c1-2-31-20(29)17-12-23-21(30)24-18(17)15-32-22-26-25-19(14-27-10-6-7-11-27)28(22)13-16-8-4-3-5-9-16/h3-5,8-9H,2,6-7,10-15H2,1H3,(H2,23,24,30). The van der Waals surface area contributed by atoms with E-state index in [1.54, 1.807) is 6.92 Å². The van der Waals surface area contributed by atoms with Crippen molar-refractivity contribution in [3.63, 3.8) is 0 Å². The fourth-order valence-electron chi connectivity index (χ4n) is 3.81. The fourth-order valence-corrected chi connectivity index (χ4v) is 4.76. The molecule has 32 heavy (non-hydrogen) atoms. The molecule has 2 N–H and O–H groups in total. The maximum Gasteiger partial charge on any atom is 0.337 e. The van der Waals surface area contributed by atoms with Crippen molar-refractivity contribution >= 4 is 23.8 Å². The van der Waals surface area contributed by atoms with Crippen LogP contribution in [0.25, 0.3) is 0 Å². The Bertz CT molecular complexity index is 985. The highest BCUT2D eigenvalue weighted by atomic mass is 32.2. The Morgan fingerprint density at radius 1 is 1.16 bits per heavy atom. The van der Waals surface area contributed by atoms with Crippen LogP contribution in [0.15, 0.2) is 46.8 Å². The van der Waals surface area contributed by atoms with Crippen LogP contribution in [0.2, 0.25) is 0 Å². The van der Waals surface area contributed by atoms with Crippen LogP contribution < -0.4 is 10.6 Å². The molecule has 2 aromatic rings. The first kappa shape index (κ1) is 22.3. The summed E-state index contributed by atoms with van der Waals surface area (Å²) in [5.41, 5.74) is 2.15. The smallest absolute Gasteiger partial charge is 0.337 e. The number of ether oxygens (including phenoxy) is 1. The summed E-state index contributed by atoms with van der Waals surface area (Å²) in [5.74, 6) is 0.890. The lowest BCUT2D eigenvalue weighted by atomic mass is 10.2. The van der Waals surface area contributed by atoms with Gasteiger partial charge in [0.15, 0.2) is 5.16 Å². The predicted molar refractivity (Wildman–Crippen MR) is 121 cm³/mol. The minimum absolute atomic E-state index is 0.150. The molecular weight excluding hydrogens is 428 g/mol. The number of carbonyl (C=O) groups is 2. The number of aromatic nitrogens is 3. The molecule has 2 amide bonds. The number of benzene rings is 1. The number of nitrogens with one attached hydrogen (secondary N) is 2. The zero-order valence-corrected chi connectivity index (χ0v) is 19.0. The lowest BCUT2D eigenvalue weighted by molar-refractivity contribution is -0.138. The minimum Gasteiger partial charge on any atom is -0.463 e. The minimum atomic E-state index is -0.420. The average Bonchev–Trinajstić information content (AvgIpc) is 3.44. The number of thioether (sulfide) groups is 1. The van der Waals surface area contributed by atoms with E-state index in [4.69, 9.17) is 4.74 Å². The number of likely N-dealkylation sites (tertiary alicyclic amines) is 1. The van der Waals surface area contributed by atoms with Crippen LogP contribution >= 0.6 is 11.8 Å². The van der Waals surface area contributed by atoms with E-state index in [2.05, 4.69) is 42.4 Å². The third-order valence-electron chi connectivity index (χ3n) is 5.46. The van der Waals surface area contributed by atoms with Crippen molar-refractivity contribution in [1.82, 2.24) is 30.3 Å². The second-order valence-corrected chi connectivity index (χ2v) is 8.67. The number of carbonyl (C=O) groups excluding carboxylic acids is 2. The summed E-state index contributed by atoms with van der Waals surface area (Å²) in [6, 6.07) is 9.89. The van der Waals surface area contributed by atoms with Crippen molar-refractivity contribution in [3.8, 4) is 0 Å². The van der Waals surface area contributed by atoms with Crippen molar-refractivity contribution in [2.45, 2.75) is 38.0 Å². The number of amides is 2. The highest BCUT2D eigenvalue weighted by Gasteiger charge is 2.25. The number of hydrogen-bond acceptors (Lipinski definition) is 7. The van der Waals surface area contributed by atoms with Crippen LogP contribution in [-0.2, 0) is 22.6 Å². The van der Waals surface area contributed by atoms with Gasteiger partial charge in [-0.1, -0.05) is 42.1 Å². The van der Waals surface area contributed by atoms with Crippen LogP contribution in [0, 0.1) is 0 Å². The van der Waals surface area contributed by atoms with Crippen LogP contribution in [0.1, 0.15) is 31.2 Å². The molecule has 0 atom stereocenters. The van der Waals surface area contributed by atoms with Crippen LogP contribution in [-0.4, -0.2) is 63.7 Å². The molecule has 1 fully saturated rings. The molecule has 3 heterocycles. The monoisotopic (exact) mass is 456 g/mol. The molecule has 4 rings (SSSR count). The summed E-state index contributed by atoms with van der Waals surface area (Å²) >= 11 is 1.46. The summed E-state index contributed by atoms with van der Waals surface area (Å²) in [7, 11) is 0. The van der Waals surface area contributed by atoms with E-state index in [0.29, 0.717) is 23.6 Å². The molecule has 1 aromatic carbocycles. The molecule has 10 heteroatoms. The highest BCUT2D eigenvalue weighted by molar-refractivity contribution is 7.99. The van der Waals surface area contributed by atoms with Gasteiger partial charge in [-0.15, -0.1) is 10.2 Å². The van der Waals surface area contributed by atoms with Crippen molar-refractivity contribution in [2.24, 2.45) is 0 Å². The number of esters is 1. The Balaban J connectivity index is 1.55. The van der Waals surface area contributed by atoms with Crippen molar-refractivity contribution in [2.75, 3.05) is 32.0 Å². The quantitative estimate of drug-likeness (QED) is 0.440. The molecule has 2 aliphatic heterocycles. The number of nitrogens with zero attached hydrogens (tertiary/aromatic N) is 4. The first-order chi connectivity index (χ1) is 15.6. The van der Waals surface area contributed by atoms with E-state index in [1.807, 2.05) is 18.2 Å². The third kappa shape index (κ3) is 5.49. The van der Waals surface area contributed by atoms with Gasteiger partial charge in [0, 0.05) is 11.4 Å². The summed E-state index contributed by atoms with van der Waals surface area (Å²) in [4.78, 5) is 26.6. The summed E-state index contributed by atoms with van der Waals surface area (Å²) < 4.78 is 7.27.